The SMILES string of the molecule is CC(=O)C#CC(C)c1ccccc1C(=O)c1ocnc1C.CC(=O)c1coc2c(O[Si](C)(C)C(C)(C)C)c3ccccc3c(C)c12.CC(=O)c1coc2c1C(C)(CO)c1ccccc1C2=O.CC1(CO)c2ccccc2C(=O)c2occ(C(=O)O)c21.O=C1OCC2c3ccccc3C(=O)c3occ1c32.O=P(Cl)(Cl)Cl.[Cl][Ti]([Cl])([Cl])[Cl].[Cl][Ti]([Cl])([Cl])[Cl]. The molecule has 6 heterocycles. The van der Waals surface area contributed by atoms with Crippen molar-refractivity contribution in [2.75, 3.05) is 19.8 Å². The average molecular weight is 1950 g/mol. The molecule has 36 heteroatoms. The second kappa shape index (κ2) is 39.8. The van der Waals surface area contributed by atoms with Crippen LogP contribution in [0.3, 0.4) is 0 Å². The minimum absolute atomic E-state index is 0.00218. The number of aryl methyl sites for hydroxylation is 2. The molecule has 4 atom stereocenters. The molecule has 6 aromatic carbocycles. The van der Waals surface area contributed by atoms with Crippen LogP contribution in [0.2, 0.25) is 18.1 Å². The molecule has 4 unspecified atom stereocenters. The number of benzene rings is 6. The molecule has 1 aliphatic heterocycles. The van der Waals surface area contributed by atoms with Gasteiger partial charge in [0.1, 0.15) is 42.8 Å². The van der Waals surface area contributed by atoms with Crippen LogP contribution in [-0.2, 0) is 49.6 Å². The Morgan fingerprint density at radius 1 is 0.613 bits per heavy atom. The van der Waals surface area contributed by atoms with Gasteiger partial charge in [-0.1, -0.05) is 148 Å². The summed E-state index contributed by atoms with van der Waals surface area (Å²) >= 11 is 7.63. The van der Waals surface area contributed by atoms with Gasteiger partial charge in [-0.3, -0.25) is 38.1 Å². The van der Waals surface area contributed by atoms with E-state index < -0.39 is 61.0 Å². The van der Waals surface area contributed by atoms with E-state index in [9.17, 15) is 63.0 Å². The fourth-order valence-corrected chi connectivity index (χ4v) is 14.4. The summed E-state index contributed by atoms with van der Waals surface area (Å²) < 4.78 is 48.1. The number of nitrogens with zero attached hydrogens (tertiary/aromatic N) is 1. The van der Waals surface area contributed by atoms with E-state index in [0.29, 0.717) is 66.9 Å². The number of carboxylic acids is 1. The molecule has 119 heavy (non-hydrogen) atoms. The number of rotatable bonds is 10. The van der Waals surface area contributed by atoms with Gasteiger partial charge in [-0.25, -0.2) is 14.6 Å². The quantitative estimate of drug-likeness (QED) is 0.0286. The maximum absolute atomic E-state index is 12.5. The number of hydrogen-bond donors (Lipinski definition) is 3. The van der Waals surface area contributed by atoms with Crippen LogP contribution in [0.25, 0.3) is 21.7 Å². The van der Waals surface area contributed by atoms with Crippen LogP contribution in [0.1, 0.15) is 230 Å². The Morgan fingerprint density at radius 2 is 1.06 bits per heavy atom. The van der Waals surface area contributed by atoms with E-state index >= 15 is 0 Å². The number of hydrogen-bond acceptors (Lipinski definition) is 20. The van der Waals surface area contributed by atoms with Crippen LogP contribution < -0.4 is 4.43 Å². The number of aromatic nitrogens is 1. The van der Waals surface area contributed by atoms with Gasteiger partial charge in [0.25, 0.3) is 8.32 Å². The monoisotopic (exact) mass is 1940 g/mol. The molecule has 11 aromatic rings. The molecule has 0 saturated heterocycles. The Kier molecular flexibility index (Phi) is 32.6. The zero-order valence-electron chi connectivity index (χ0n) is 65.5. The number of carboxylic acid groups (broad SMARTS) is 1. The predicted molar refractivity (Wildman–Crippen MR) is 458 cm³/mol. The van der Waals surface area contributed by atoms with E-state index in [1.165, 1.54) is 32.8 Å². The fourth-order valence-electron chi connectivity index (χ4n) is 13.4. The summed E-state index contributed by atoms with van der Waals surface area (Å²) in [6, 6.07) is 36.7. The molecule has 15 rings (SSSR count). The standard InChI is InChI=1S/C21H26O3Si.C17H15NO3.C16H14O4.C15H12O5.C14H8O4.Cl3OP.8ClH.2Ti/c1-13-15-10-8-9-11-16(15)19(24-25(6,7)21(3,4)5)20-18(13)17(12-23-20)14(2)22;1-11(8-9-12(2)19)14-6-4-5-7-15(14)16(20)17-13(3)18-10-21-17;1-9(18)11-7-20-15-13(11)16(2,8-17)12-6-4-3-5-10(12)14(15)19;1-15(7-16)10-5-3-2-4-8(10)12(17)13-11(15)9(6-20-13)14(18)19;15-12-8-4-2-1-3-7(8)9-5-18-14(16)10-6-17-13(12)11(9)10;1-5(2,3)4;;;;;;;;;;/h8-12H,1-7H3;4-7,10-11H,1-3H3;3-7,17H,8H2,1-2H3;2-6,16H,7H2,1H3,(H,18,19);1-4,6,9H,5H2;;8*1H;;/q;;;;;;;;;;;;;;2*+4/p-8. The van der Waals surface area contributed by atoms with Crippen LogP contribution in [0.4, 0.5) is 0 Å². The van der Waals surface area contributed by atoms with Crippen molar-refractivity contribution in [1.29, 1.82) is 0 Å². The number of ether oxygens (including phenoxy) is 1. The number of fused-ring (bicyclic) bond motifs is 8. The van der Waals surface area contributed by atoms with Crippen molar-refractivity contribution < 1.29 is 119 Å². The van der Waals surface area contributed by atoms with E-state index in [4.69, 9.17) is 106 Å². The molecule has 0 saturated carbocycles. The van der Waals surface area contributed by atoms with E-state index in [1.54, 1.807) is 81.6 Å². The summed E-state index contributed by atoms with van der Waals surface area (Å²) in [6.07, 6.45) is 6.51. The number of carbonyl (C=O) groups is 9. The number of aliphatic hydroxyl groups is 2. The molecule has 0 fully saturated rings. The number of esters is 1. The number of halogens is 11. The molecule has 4 aliphatic rings. The van der Waals surface area contributed by atoms with Crippen LogP contribution >= 0.6 is 113 Å². The van der Waals surface area contributed by atoms with E-state index in [0.717, 1.165) is 50.4 Å². The van der Waals surface area contributed by atoms with Gasteiger partial charge in [0.05, 0.1) is 30.0 Å². The predicted octanol–water partition coefficient (Wildman–Crippen LogP) is 24.0. The van der Waals surface area contributed by atoms with Gasteiger partial charge in [-0.2, -0.15) is 0 Å². The third-order valence-corrected chi connectivity index (χ3v) is 24.3. The van der Waals surface area contributed by atoms with Gasteiger partial charge in [0, 0.05) is 79.3 Å². The Bertz CT molecular complexity index is 5740. The number of cyclic esters (lactones) is 1. The molecular weight excluding hydrogens is 1880 g/mol. The summed E-state index contributed by atoms with van der Waals surface area (Å²) in [5.41, 5.74) is 8.35. The molecule has 0 radical (unpaired) electrons. The summed E-state index contributed by atoms with van der Waals surface area (Å²) in [5.74, 6) is 3.58. The molecule has 3 N–H and O–H groups in total. The number of furan rings is 4. The summed E-state index contributed by atoms with van der Waals surface area (Å²) in [4.78, 5) is 111. The first-order chi connectivity index (χ1) is 55.3. The van der Waals surface area contributed by atoms with Crippen molar-refractivity contribution in [3.05, 3.63) is 271 Å². The van der Waals surface area contributed by atoms with E-state index in [2.05, 4.69) is 96.5 Å². The molecular formula is C83H75Cl11NO20PSiTi2. The van der Waals surface area contributed by atoms with Crippen LogP contribution in [0.15, 0.2) is 175 Å². The molecule has 21 nitrogen and oxygen atoms in total. The van der Waals surface area contributed by atoms with Gasteiger partial charge < -0.3 is 46.6 Å². The molecule has 5 aromatic heterocycles. The fraction of sp³-hybridized carbons (Fsp3) is 0.253. The Hall–Kier alpha value is -6.85. The first-order valence-electron chi connectivity index (χ1n) is 35.6. The van der Waals surface area contributed by atoms with Crippen molar-refractivity contribution >= 4 is 196 Å². The van der Waals surface area contributed by atoms with E-state index in [1.807, 2.05) is 75.4 Å². The number of aromatic carboxylic acids is 1. The molecule has 0 amide bonds. The summed E-state index contributed by atoms with van der Waals surface area (Å²) in [6.45, 7) is 24.4. The third-order valence-electron chi connectivity index (χ3n) is 20.0. The molecule has 0 spiro atoms. The number of oxazole rings is 1. The number of carbonyl (C=O) groups excluding carboxylic acids is 8. The molecule has 626 valence electrons. The van der Waals surface area contributed by atoms with Gasteiger partial charge in [0.2, 0.25) is 28.9 Å². The minimum atomic E-state index is -3.22. The van der Waals surface area contributed by atoms with Crippen molar-refractivity contribution in [1.82, 2.24) is 4.98 Å². The van der Waals surface area contributed by atoms with Gasteiger partial charge in [-0.05, 0) is 139 Å². The van der Waals surface area contributed by atoms with E-state index in [-0.39, 0.29) is 111 Å². The van der Waals surface area contributed by atoms with Crippen molar-refractivity contribution in [2.45, 2.75) is 117 Å². The first kappa shape index (κ1) is 97.6. The maximum atomic E-state index is 12.5. The zero-order chi connectivity index (χ0) is 88.7. The second-order valence-corrected chi connectivity index (χ2v) is 71.3. The van der Waals surface area contributed by atoms with Crippen LogP contribution in [0, 0.1) is 25.7 Å². The molecule has 3 aliphatic carbocycles. The normalized spacial score (nSPS) is 16.1. The van der Waals surface area contributed by atoms with Crippen LogP contribution in [-0.4, -0.2) is 101 Å². The number of Topliss-reactive ketones (excluding diaryl/α,β-unsaturated/α-hetero) is 3. The Morgan fingerprint density at radius 3 is 1.55 bits per heavy atom. The van der Waals surface area contributed by atoms with Crippen molar-refractivity contribution in [3.63, 3.8) is 0 Å². The van der Waals surface area contributed by atoms with Crippen molar-refractivity contribution in [3.8, 4) is 17.6 Å². The Balaban J connectivity index is 0.000000178. The van der Waals surface area contributed by atoms with Gasteiger partial charge >= 0.3 is 116 Å². The molecule has 0 bridgehead atoms. The number of ketones is 7. The third kappa shape index (κ3) is 23.0. The number of aliphatic hydroxyl groups excluding tert-OH is 2. The van der Waals surface area contributed by atoms with Crippen molar-refractivity contribution in [2.24, 2.45) is 0 Å². The van der Waals surface area contributed by atoms with Gasteiger partial charge in [-0.15, -0.1) is 0 Å². The Labute approximate surface area is 737 Å². The summed E-state index contributed by atoms with van der Waals surface area (Å²) in [7, 11) is 38.1. The van der Waals surface area contributed by atoms with Crippen LogP contribution in [0.5, 0.6) is 5.75 Å². The zero-order valence-corrected chi connectivity index (χ0v) is 78.9. The second-order valence-electron chi connectivity index (χ2n) is 29.0. The first-order valence-corrected chi connectivity index (χ1v) is 60.1. The summed E-state index contributed by atoms with van der Waals surface area (Å²) in [5, 5.41) is 28.8. The topological polar surface area (TPSA) is 328 Å². The average Bonchev–Trinajstić information content (AvgIpc) is 1.66. The van der Waals surface area contributed by atoms with Gasteiger partial charge in [0.15, 0.2) is 52.3 Å².